The second kappa shape index (κ2) is 5.27. The molecule has 0 heterocycles. The van der Waals surface area contributed by atoms with Gasteiger partial charge in [-0.3, -0.25) is 0 Å². The molecule has 94 valence electrons. The molecule has 0 saturated carbocycles. The highest BCUT2D eigenvalue weighted by Gasteiger charge is 2.06. The maximum Gasteiger partial charge on any atom is 0.153 e. The highest BCUT2D eigenvalue weighted by molar-refractivity contribution is 9.10. The van der Waals surface area contributed by atoms with Gasteiger partial charge in [-0.05, 0) is 40.2 Å². The summed E-state index contributed by atoms with van der Waals surface area (Å²) in [7, 11) is 1.55. The van der Waals surface area contributed by atoms with Gasteiger partial charge in [-0.15, -0.1) is 0 Å². The number of ether oxygens (including phenoxy) is 2. The summed E-state index contributed by atoms with van der Waals surface area (Å²) in [6.45, 7) is 0. The third kappa shape index (κ3) is 2.73. The van der Waals surface area contributed by atoms with Crippen molar-refractivity contribution >= 4 is 21.6 Å². The summed E-state index contributed by atoms with van der Waals surface area (Å²) >= 11 is 3.08. The Morgan fingerprint density at radius 2 is 1.83 bits per heavy atom. The smallest absolute Gasteiger partial charge is 0.153 e. The molecule has 5 heteroatoms. The molecule has 0 unspecified atom stereocenters. The van der Waals surface area contributed by atoms with Gasteiger partial charge in [0.05, 0.1) is 17.3 Å². The fraction of sp³-hybridized carbons (Fsp3) is 0.0769. The van der Waals surface area contributed by atoms with E-state index < -0.39 is 5.82 Å². The standard InChI is InChI=1S/C13H11BrFNO2/c1-17-8-3-5-12(16)13(7-8)18-9-2-4-10(14)11(15)6-9/h2-7H,16H2,1H3. The number of halogens is 2. The average Bonchev–Trinajstić information content (AvgIpc) is 2.36. The van der Waals surface area contributed by atoms with E-state index in [9.17, 15) is 4.39 Å². The van der Waals surface area contributed by atoms with E-state index in [-0.39, 0.29) is 0 Å². The molecular formula is C13H11BrFNO2. The number of nitrogens with two attached hydrogens (primary N) is 1. The van der Waals surface area contributed by atoms with Crippen molar-refractivity contribution in [2.75, 3.05) is 12.8 Å². The van der Waals surface area contributed by atoms with Gasteiger partial charge in [-0.2, -0.15) is 0 Å². The Morgan fingerprint density at radius 3 is 2.50 bits per heavy atom. The van der Waals surface area contributed by atoms with Gasteiger partial charge >= 0.3 is 0 Å². The summed E-state index contributed by atoms with van der Waals surface area (Å²) in [5.74, 6) is 1.03. The minimum atomic E-state index is -0.394. The van der Waals surface area contributed by atoms with Crippen LogP contribution in [0.4, 0.5) is 10.1 Å². The number of methoxy groups -OCH3 is 1. The molecule has 0 bridgehead atoms. The van der Waals surface area contributed by atoms with Crippen LogP contribution < -0.4 is 15.2 Å². The van der Waals surface area contributed by atoms with E-state index in [0.717, 1.165) is 0 Å². The van der Waals surface area contributed by atoms with Crippen molar-refractivity contribution < 1.29 is 13.9 Å². The molecule has 2 rings (SSSR count). The molecular weight excluding hydrogens is 301 g/mol. The van der Waals surface area contributed by atoms with E-state index in [1.165, 1.54) is 6.07 Å². The van der Waals surface area contributed by atoms with Gasteiger partial charge in [0, 0.05) is 12.1 Å². The third-order valence-corrected chi connectivity index (χ3v) is 2.98. The Bertz CT molecular complexity index is 575. The molecule has 0 aliphatic carbocycles. The number of anilines is 1. The molecule has 0 spiro atoms. The maximum absolute atomic E-state index is 13.3. The highest BCUT2D eigenvalue weighted by atomic mass is 79.9. The van der Waals surface area contributed by atoms with Crippen LogP contribution in [0.2, 0.25) is 0 Å². The molecule has 2 aromatic rings. The topological polar surface area (TPSA) is 44.5 Å². The van der Waals surface area contributed by atoms with Gasteiger partial charge in [0.2, 0.25) is 0 Å². The Balaban J connectivity index is 2.30. The van der Waals surface area contributed by atoms with Crippen molar-refractivity contribution in [3.05, 3.63) is 46.7 Å². The maximum atomic E-state index is 13.3. The van der Waals surface area contributed by atoms with Crippen LogP contribution >= 0.6 is 15.9 Å². The molecule has 0 fully saturated rings. The lowest BCUT2D eigenvalue weighted by Gasteiger charge is -2.10. The normalized spacial score (nSPS) is 10.2. The SMILES string of the molecule is COc1ccc(N)c(Oc2ccc(Br)c(F)c2)c1. The molecule has 0 radical (unpaired) electrons. The summed E-state index contributed by atoms with van der Waals surface area (Å²) in [6, 6.07) is 9.54. The second-order valence-electron chi connectivity index (χ2n) is 3.58. The largest absolute Gasteiger partial charge is 0.497 e. The molecule has 0 saturated heterocycles. The van der Waals surface area contributed by atoms with Crippen molar-refractivity contribution in [2.24, 2.45) is 0 Å². The first-order valence-corrected chi connectivity index (χ1v) is 5.96. The lowest BCUT2D eigenvalue weighted by Crippen LogP contribution is -1.93. The van der Waals surface area contributed by atoms with Crippen LogP contribution in [-0.2, 0) is 0 Å². The van der Waals surface area contributed by atoms with Crippen LogP contribution in [-0.4, -0.2) is 7.11 Å². The molecule has 0 amide bonds. The van der Waals surface area contributed by atoms with Crippen molar-refractivity contribution in [3.8, 4) is 17.2 Å². The molecule has 0 aliphatic rings. The van der Waals surface area contributed by atoms with Gasteiger partial charge in [-0.25, -0.2) is 4.39 Å². The van der Waals surface area contributed by atoms with Crippen molar-refractivity contribution in [1.29, 1.82) is 0 Å². The summed E-state index contributed by atoms with van der Waals surface area (Å²) in [6.07, 6.45) is 0. The van der Waals surface area contributed by atoms with Crippen LogP contribution in [0.25, 0.3) is 0 Å². The van der Waals surface area contributed by atoms with Crippen LogP contribution in [0.1, 0.15) is 0 Å². The Hall–Kier alpha value is -1.75. The van der Waals surface area contributed by atoms with Crippen LogP contribution in [0.15, 0.2) is 40.9 Å². The van der Waals surface area contributed by atoms with Crippen molar-refractivity contribution in [2.45, 2.75) is 0 Å². The summed E-state index contributed by atoms with van der Waals surface area (Å²) in [5.41, 5.74) is 6.23. The van der Waals surface area contributed by atoms with E-state index in [1.54, 1.807) is 37.4 Å². The van der Waals surface area contributed by atoms with E-state index >= 15 is 0 Å². The molecule has 2 N–H and O–H groups in total. The Kier molecular flexibility index (Phi) is 3.72. The van der Waals surface area contributed by atoms with Crippen molar-refractivity contribution in [1.82, 2.24) is 0 Å². The van der Waals surface area contributed by atoms with E-state index in [0.29, 0.717) is 27.4 Å². The van der Waals surface area contributed by atoms with Gasteiger partial charge in [-0.1, -0.05) is 0 Å². The molecule has 3 nitrogen and oxygen atoms in total. The predicted octanol–water partition coefficient (Wildman–Crippen LogP) is 3.97. The van der Waals surface area contributed by atoms with Crippen molar-refractivity contribution in [3.63, 3.8) is 0 Å². The third-order valence-electron chi connectivity index (χ3n) is 2.34. The summed E-state index contributed by atoms with van der Waals surface area (Å²) in [4.78, 5) is 0. The summed E-state index contributed by atoms with van der Waals surface area (Å²) in [5, 5.41) is 0. The molecule has 18 heavy (non-hydrogen) atoms. The monoisotopic (exact) mass is 311 g/mol. The minimum Gasteiger partial charge on any atom is -0.497 e. The quantitative estimate of drug-likeness (QED) is 0.872. The molecule has 2 aromatic carbocycles. The van der Waals surface area contributed by atoms with E-state index in [4.69, 9.17) is 15.2 Å². The fourth-order valence-corrected chi connectivity index (χ4v) is 1.64. The number of rotatable bonds is 3. The zero-order valence-corrected chi connectivity index (χ0v) is 11.2. The fourth-order valence-electron chi connectivity index (χ4n) is 1.40. The Labute approximate surface area is 112 Å². The summed E-state index contributed by atoms with van der Waals surface area (Å²) < 4.78 is 24.3. The predicted molar refractivity (Wildman–Crippen MR) is 71.6 cm³/mol. The highest BCUT2D eigenvalue weighted by Crippen LogP contribution is 2.32. The average molecular weight is 312 g/mol. The first-order chi connectivity index (χ1) is 8.60. The minimum absolute atomic E-state index is 0.371. The van der Waals surface area contributed by atoms with Crippen LogP contribution in [0, 0.1) is 5.82 Å². The number of hydrogen-bond donors (Lipinski definition) is 1. The van der Waals surface area contributed by atoms with E-state index in [1.807, 2.05) is 0 Å². The lowest BCUT2D eigenvalue weighted by atomic mass is 10.2. The van der Waals surface area contributed by atoms with Crippen LogP contribution in [0.5, 0.6) is 17.2 Å². The zero-order chi connectivity index (χ0) is 13.1. The Morgan fingerprint density at radius 1 is 1.11 bits per heavy atom. The molecule has 0 atom stereocenters. The molecule has 0 aliphatic heterocycles. The lowest BCUT2D eigenvalue weighted by molar-refractivity contribution is 0.409. The zero-order valence-electron chi connectivity index (χ0n) is 9.61. The first-order valence-electron chi connectivity index (χ1n) is 5.16. The van der Waals surface area contributed by atoms with Gasteiger partial charge in [0.25, 0.3) is 0 Å². The van der Waals surface area contributed by atoms with Gasteiger partial charge in [0.15, 0.2) is 5.75 Å². The first kappa shape index (κ1) is 12.7. The van der Waals surface area contributed by atoms with Crippen LogP contribution in [0.3, 0.4) is 0 Å². The number of benzene rings is 2. The second-order valence-corrected chi connectivity index (χ2v) is 4.44. The van der Waals surface area contributed by atoms with Gasteiger partial charge in [0.1, 0.15) is 17.3 Å². The molecule has 0 aromatic heterocycles. The van der Waals surface area contributed by atoms with E-state index in [2.05, 4.69) is 15.9 Å². The number of nitrogen functional groups attached to an aromatic ring is 1. The van der Waals surface area contributed by atoms with Gasteiger partial charge < -0.3 is 15.2 Å². The number of hydrogen-bond acceptors (Lipinski definition) is 3.